The smallest absolute Gasteiger partial charge is 0.321 e. The zero-order chi connectivity index (χ0) is 35.6. The van der Waals surface area contributed by atoms with Crippen molar-refractivity contribution < 1.29 is 60.5 Å². The Morgan fingerprint density at radius 2 is 1.25 bits per heavy atom. The van der Waals surface area contributed by atoms with Crippen LogP contribution in [0.5, 0.6) is 0 Å². The molecule has 3 heterocycles. The fourth-order valence-electron chi connectivity index (χ4n) is 3.87. The summed E-state index contributed by atoms with van der Waals surface area (Å²) >= 11 is 2.94. The summed E-state index contributed by atoms with van der Waals surface area (Å²) in [5, 5.41) is 8.88. The number of hydrogen-bond donors (Lipinski definition) is 1. The number of hydrogen-bond acceptors (Lipinski definition) is 14. The van der Waals surface area contributed by atoms with Crippen molar-refractivity contribution in [3.05, 3.63) is 29.8 Å². The fourth-order valence-corrected chi connectivity index (χ4v) is 6.69. The molecule has 276 valence electrons. The summed E-state index contributed by atoms with van der Waals surface area (Å²) in [6.45, 7) is 16.4. The Morgan fingerprint density at radius 1 is 0.792 bits per heavy atom. The topological polar surface area (TPSA) is 162 Å². The Hall–Kier alpha value is -1.47. The third-order valence-corrected chi connectivity index (χ3v) is 11.1. The quantitative estimate of drug-likeness (QED) is 0.231. The van der Waals surface area contributed by atoms with E-state index in [1.165, 1.54) is 23.9 Å². The average molecular weight is 741 g/mol. The van der Waals surface area contributed by atoms with E-state index in [0.29, 0.717) is 71.8 Å². The van der Waals surface area contributed by atoms with Gasteiger partial charge in [-0.05, 0) is 53.7 Å². The van der Waals surface area contributed by atoms with Crippen LogP contribution in [0.4, 0.5) is 0 Å². The van der Waals surface area contributed by atoms with Gasteiger partial charge in [0.15, 0.2) is 0 Å². The minimum atomic E-state index is -3.71. The first kappa shape index (κ1) is 42.7. The number of carboxylic acid groups (broad SMARTS) is 1. The fraction of sp³-hybridized carbons (Fsp3) is 0.750. The van der Waals surface area contributed by atoms with E-state index in [0.717, 1.165) is 11.3 Å². The first-order valence-corrected chi connectivity index (χ1v) is 19.3. The van der Waals surface area contributed by atoms with Crippen LogP contribution in [0.15, 0.2) is 29.2 Å². The van der Waals surface area contributed by atoms with Crippen molar-refractivity contribution in [1.82, 2.24) is 0 Å². The Bertz CT molecular complexity index is 1170. The van der Waals surface area contributed by atoms with Crippen molar-refractivity contribution in [2.75, 3.05) is 84.2 Å². The summed E-state index contributed by atoms with van der Waals surface area (Å²) < 4.78 is 64.4. The summed E-state index contributed by atoms with van der Waals surface area (Å²) in [6, 6.07) is 6.53. The van der Waals surface area contributed by atoms with Crippen LogP contribution < -0.4 is 0 Å². The number of thioether (sulfide) groups is 2. The van der Waals surface area contributed by atoms with Gasteiger partial charge in [0.05, 0.1) is 89.8 Å². The van der Waals surface area contributed by atoms with Crippen LogP contribution in [-0.4, -0.2) is 137 Å². The summed E-state index contributed by atoms with van der Waals surface area (Å²) in [4.78, 5) is 22.6. The molecule has 16 heteroatoms. The predicted molar refractivity (Wildman–Crippen MR) is 183 cm³/mol. The Balaban J connectivity index is 0.000000252. The molecule has 1 N–H and O–H groups in total. The maximum absolute atomic E-state index is 11.9. The molecule has 3 saturated heterocycles. The van der Waals surface area contributed by atoms with Crippen LogP contribution in [0.1, 0.15) is 40.2 Å². The molecule has 0 aliphatic carbocycles. The number of carboxylic acids is 1. The first-order valence-electron chi connectivity index (χ1n) is 15.9. The summed E-state index contributed by atoms with van der Waals surface area (Å²) in [5.41, 5.74) is 0.998. The lowest BCUT2D eigenvalue weighted by molar-refractivity contribution is -0.145. The average Bonchev–Trinajstić information content (AvgIpc) is 3.08. The van der Waals surface area contributed by atoms with Crippen molar-refractivity contribution in [1.29, 1.82) is 0 Å². The van der Waals surface area contributed by atoms with Crippen molar-refractivity contribution in [3.8, 4) is 0 Å². The standard InChI is InChI=1S/C12H16O5S.C11H20O4S.C9H16O4S/c1-10-2-4-12(5-3-10)18(13,14)17-9-11-8-15-6-7-16-11;1-4-14-10(12)11(2,3)16-8-9-7-13-5-6-15-9;1-9(2,8(10)11)14-6-7-5-12-3-4-13-7/h2-5,11H,6-9H2,1H3;9H,4-8H2,1-3H3;7H,3-6H2,1-2H3,(H,10,11)/t11-;9-;7-/m111/s1. The molecule has 4 rings (SSSR count). The highest BCUT2D eigenvalue weighted by molar-refractivity contribution is 8.01. The zero-order valence-corrected chi connectivity index (χ0v) is 31.3. The van der Waals surface area contributed by atoms with Gasteiger partial charge in [-0.25, -0.2) is 0 Å². The van der Waals surface area contributed by atoms with Gasteiger partial charge in [0, 0.05) is 11.5 Å². The van der Waals surface area contributed by atoms with Crippen LogP contribution >= 0.6 is 23.5 Å². The number of benzene rings is 1. The van der Waals surface area contributed by atoms with Gasteiger partial charge < -0.3 is 38.3 Å². The lowest BCUT2D eigenvalue weighted by atomic mass is 10.2. The SMILES string of the molecule is CC(C)(SC[C@H]1COCCO1)C(=O)O.CCOC(=O)C(C)(C)SC[C@H]1COCCO1.Cc1ccc(S(=O)(=O)OC[C@H]2COCCO2)cc1. The van der Waals surface area contributed by atoms with Crippen molar-refractivity contribution in [2.24, 2.45) is 0 Å². The second-order valence-electron chi connectivity index (χ2n) is 11.9. The van der Waals surface area contributed by atoms with Crippen LogP contribution in [-0.2, 0) is 57.0 Å². The molecule has 0 radical (unpaired) electrons. The monoisotopic (exact) mass is 740 g/mol. The highest BCUT2D eigenvalue weighted by Gasteiger charge is 2.32. The molecule has 3 aliphatic rings. The van der Waals surface area contributed by atoms with Gasteiger partial charge in [-0.1, -0.05) is 17.7 Å². The minimum Gasteiger partial charge on any atom is -0.480 e. The molecule has 48 heavy (non-hydrogen) atoms. The Labute approximate surface area is 293 Å². The van der Waals surface area contributed by atoms with Gasteiger partial charge in [0.1, 0.15) is 15.6 Å². The van der Waals surface area contributed by atoms with Crippen molar-refractivity contribution in [3.63, 3.8) is 0 Å². The van der Waals surface area contributed by atoms with Gasteiger partial charge in [-0.3, -0.25) is 13.8 Å². The highest BCUT2D eigenvalue weighted by Crippen LogP contribution is 2.28. The van der Waals surface area contributed by atoms with Gasteiger partial charge in [0.25, 0.3) is 10.1 Å². The lowest BCUT2D eigenvalue weighted by Gasteiger charge is -2.27. The van der Waals surface area contributed by atoms with E-state index in [-0.39, 0.29) is 35.8 Å². The number of aryl methyl sites for hydroxylation is 1. The molecule has 3 fully saturated rings. The van der Waals surface area contributed by atoms with Gasteiger partial charge >= 0.3 is 11.9 Å². The minimum absolute atomic E-state index is 0.0176. The third-order valence-electron chi connectivity index (χ3n) is 6.92. The molecule has 0 aromatic heterocycles. The summed E-state index contributed by atoms with van der Waals surface area (Å²) in [6.07, 6.45) is -0.196. The van der Waals surface area contributed by atoms with E-state index in [2.05, 4.69) is 0 Å². The number of esters is 1. The molecule has 1 aromatic carbocycles. The first-order chi connectivity index (χ1) is 22.7. The zero-order valence-electron chi connectivity index (χ0n) is 28.8. The van der Waals surface area contributed by atoms with Crippen molar-refractivity contribution in [2.45, 2.75) is 74.2 Å². The third kappa shape index (κ3) is 16.5. The van der Waals surface area contributed by atoms with E-state index in [9.17, 15) is 18.0 Å². The maximum atomic E-state index is 11.9. The summed E-state index contributed by atoms with van der Waals surface area (Å²) in [5.74, 6) is 0.460. The molecule has 0 spiro atoms. The molecule has 3 aliphatic heterocycles. The molecular formula is C32H52O13S3. The molecule has 13 nitrogen and oxygen atoms in total. The van der Waals surface area contributed by atoms with E-state index >= 15 is 0 Å². The Kier molecular flexibility index (Phi) is 19.3. The van der Waals surface area contributed by atoms with Gasteiger partial charge in [-0.2, -0.15) is 8.42 Å². The van der Waals surface area contributed by atoms with Gasteiger partial charge in [-0.15, -0.1) is 23.5 Å². The van der Waals surface area contributed by atoms with Crippen LogP contribution in [0, 0.1) is 6.92 Å². The number of carbonyl (C=O) groups excluding carboxylic acids is 1. The van der Waals surface area contributed by atoms with E-state index in [4.69, 9.17) is 42.4 Å². The number of carbonyl (C=O) groups is 2. The normalized spacial score (nSPS) is 21.9. The molecule has 0 saturated carbocycles. The predicted octanol–water partition coefficient (Wildman–Crippen LogP) is 3.59. The molecule has 1 aromatic rings. The molecule has 3 atom stereocenters. The van der Waals surface area contributed by atoms with Gasteiger partial charge in [0.2, 0.25) is 0 Å². The Morgan fingerprint density at radius 3 is 1.67 bits per heavy atom. The number of aliphatic carboxylic acids is 1. The largest absolute Gasteiger partial charge is 0.480 e. The highest BCUT2D eigenvalue weighted by atomic mass is 32.2. The van der Waals surface area contributed by atoms with Crippen LogP contribution in [0.25, 0.3) is 0 Å². The molecular weight excluding hydrogens is 689 g/mol. The number of rotatable bonds is 13. The second kappa shape index (κ2) is 21.7. The molecule has 0 amide bonds. The van der Waals surface area contributed by atoms with E-state index in [1.807, 2.05) is 27.7 Å². The summed E-state index contributed by atoms with van der Waals surface area (Å²) in [7, 11) is -3.71. The number of ether oxygens (including phenoxy) is 7. The van der Waals surface area contributed by atoms with Crippen LogP contribution in [0.3, 0.4) is 0 Å². The van der Waals surface area contributed by atoms with E-state index in [1.54, 1.807) is 37.7 Å². The lowest BCUT2D eigenvalue weighted by Crippen LogP contribution is -2.35. The van der Waals surface area contributed by atoms with Crippen LogP contribution in [0.2, 0.25) is 0 Å². The van der Waals surface area contributed by atoms with E-state index < -0.39 is 25.6 Å². The second-order valence-corrected chi connectivity index (χ2v) is 16.8. The maximum Gasteiger partial charge on any atom is 0.321 e. The molecule has 0 unspecified atom stereocenters. The molecule has 0 bridgehead atoms. The van der Waals surface area contributed by atoms with Crippen molar-refractivity contribution >= 4 is 45.6 Å².